The fourth-order valence-electron chi connectivity index (χ4n) is 1.62. The minimum Gasteiger partial charge on any atom is -0.383 e. The van der Waals surface area contributed by atoms with Crippen LogP contribution in [0.3, 0.4) is 0 Å². The van der Waals surface area contributed by atoms with E-state index in [4.69, 9.17) is 23.2 Å². The minimum atomic E-state index is -1.37. The first kappa shape index (κ1) is 13.3. The normalized spacial score (nSPS) is 12.5. The molecule has 0 aromatic heterocycles. The highest BCUT2D eigenvalue weighted by atomic mass is 35.5. The summed E-state index contributed by atoms with van der Waals surface area (Å²) in [5, 5.41) is 10.4. The van der Waals surface area contributed by atoms with Crippen molar-refractivity contribution in [2.45, 2.75) is 6.10 Å². The van der Waals surface area contributed by atoms with Gasteiger partial charge in [0, 0.05) is 11.1 Å². The second kappa shape index (κ2) is 5.22. The molecule has 1 unspecified atom stereocenters. The fourth-order valence-corrected chi connectivity index (χ4v) is 2.03. The van der Waals surface area contributed by atoms with Gasteiger partial charge in [-0.1, -0.05) is 35.3 Å². The van der Waals surface area contributed by atoms with Gasteiger partial charge in [-0.2, -0.15) is 0 Å². The first-order valence-corrected chi connectivity index (χ1v) is 5.83. The average molecular weight is 289 g/mol. The molecule has 0 aliphatic heterocycles. The molecule has 0 fully saturated rings. The Balaban J connectivity index is 2.51. The highest BCUT2D eigenvalue weighted by Crippen LogP contribution is 2.34. The van der Waals surface area contributed by atoms with Crippen molar-refractivity contribution in [2.75, 3.05) is 0 Å². The van der Waals surface area contributed by atoms with Gasteiger partial charge >= 0.3 is 0 Å². The van der Waals surface area contributed by atoms with Gasteiger partial charge in [-0.25, -0.2) is 8.78 Å². The van der Waals surface area contributed by atoms with Crippen LogP contribution in [0.25, 0.3) is 0 Å². The van der Waals surface area contributed by atoms with Crippen LogP contribution in [-0.2, 0) is 0 Å². The molecule has 2 aromatic rings. The van der Waals surface area contributed by atoms with E-state index in [9.17, 15) is 13.9 Å². The molecule has 0 heterocycles. The average Bonchev–Trinajstić information content (AvgIpc) is 2.35. The van der Waals surface area contributed by atoms with Crippen LogP contribution in [0.4, 0.5) is 8.78 Å². The Morgan fingerprint density at radius 3 is 2.44 bits per heavy atom. The summed E-state index contributed by atoms with van der Waals surface area (Å²) in [6.07, 6.45) is -1.37. The molecule has 0 radical (unpaired) electrons. The highest BCUT2D eigenvalue weighted by molar-refractivity contribution is 6.42. The molecule has 0 amide bonds. The SMILES string of the molecule is OC(c1cc(F)ccc1F)c1cccc(Cl)c1Cl. The van der Waals surface area contributed by atoms with E-state index < -0.39 is 17.7 Å². The zero-order valence-electron chi connectivity index (χ0n) is 9.00. The highest BCUT2D eigenvalue weighted by Gasteiger charge is 2.19. The molecule has 0 saturated carbocycles. The van der Waals surface area contributed by atoms with Gasteiger partial charge < -0.3 is 5.11 Å². The van der Waals surface area contributed by atoms with Crippen molar-refractivity contribution in [3.05, 3.63) is 69.2 Å². The van der Waals surface area contributed by atoms with E-state index in [-0.39, 0.29) is 21.2 Å². The monoisotopic (exact) mass is 288 g/mol. The molecule has 1 N–H and O–H groups in total. The maximum Gasteiger partial charge on any atom is 0.129 e. The maximum atomic E-state index is 13.5. The third kappa shape index (κ3) is 2.48. The van der Waals surface area contributed by atoms with Crippen molar-refractivity contribution in [2.24, 2.45) is 0 Å². The van der Waals surface area contributed by atoms with E-state index in [1.54, 1.807) is 12.1 Å². The van der Waals surface area contributed by atoms with Crippen molar-refractivity contribution < 1.29 is 13.9 Å². The second-order valence-corrected chi connectivity index (χ2v) is 4.50. The van der Waals surface area contributed by atoms with Crippen molar-refractivity contribution >= 4 is 23.2 Å². The van der Waals surface area contributed by atoms with Crippen LogP contribution in [0.1, 0.15) is 17.2 Å². The standard InChI is InChI=1S/C13H8Cl2F2O/c14-10-3-1-2-8(12(10)15)13(18)9-6-7(16)4-5-11(9)17/h1-6,13,18H. The van der Waals surface area contributed by atoms with E-state index in [1.807, 2.05) is 0 Å². The van der Waals surface area contributed by atoms with Crippen LogP contribution >= 0.6 is 23.2 Å². The summed E-state index contributed by atoms with van der Waals surface area (Å²) in [6.45, 7) is 0. The van der Waals surface area contributed by atoms with E-state index in [0.717, 1.165) is 18.2 Å². The Bertz CT molecular complexity index is 585. The van der Waals surface area contributed by atoms with Gasteiger partial charge in [-0.05, 0) is 24.3 Å². The lowest BCUT2D eigenvalue weighted by molar-refractivity contribution is 0.214. The number of hydrogen-bond acceptors (Lipinski definition) is 1. The van der Waals surface area contributed by atoms with Crippen molar-refractivity contribution in [1.82, 2.24) is 0 Å². The van der Waals surface area contributed by atoms with E-state index >= 15 is 0 Å². The number of benzene rings is 2. The lowest BCUT2D eigenvalue weighted by Crippen LogP contribution is -2.04. The molecular formula is C13H8Cl2F2O. The topological polar surface area (TPSA) is 20.2 Å². The number of halogens is 4. The smallest absolute Gasteiger partial charge is 0.129 e. The van der Waals surface area contributed by atoms with E-state index in [1.165, 1.54) is 6.07 Å². The predicted octanol–water partition coefficient (Wildman–Crippen LogP) is 4.35. The van der Waals surface area contributed by atoms with Gasteiger partial charge in [-0.3, -0.25) is 0 Å². The van der Waals surface area contributed by atoms with Gasteiger partial charge in [-0.15, -0.1) is 0 Å². The Morgan fingerprint density at radius 1 is 1.00 bits per heavy atom. The molecule has 94 valence electrons. The van der Waals surface area contributed by atoms with Crippen molar-refractivity contribution in [3.8, 4) is 0 Å². The van der Waals surface area contributed by atoms with Gasteiger partial charge in [0.2, 0.25) is 0 Å². The Labute approximate surface area is 113 Å². The summed E-state index contributed by atoms with van der Waals surface area (Å²) >= 11 is 11.7. The van der Waals surface area contributed by atoms with Gasteiger partial charge in [0.05, 0.1) is 10.0 Å². The summed E-state index contributed by atoms with van der Waals surface area (Å²) < 4.78 is 26.6. The predicted molar refractivity (Wildman–Crippen MR) is 66.9 cm³/mol. The van der Waals surface area contributed by atoms with Crippen molar-refractivity contribution in [3.63, 3.8) is 0 Å². The van der Waals surface area contributed by atoms with Crippen LogP contribution in [0.5, 0.6) is 0 Å². The molecule has 2 aromatic carbocycles. The first-order valence-electron chi connectivity index (χ1n) is 5.07. The number of aliphatic hydroxyl groups excluding tert-OH is 1. The third-order valence-corrected chi connectivity index (χ3v) is 3.36. The molecule has 0 aliphatic rings. The summed E-state index contributed by atoms with van der Waals surface area (Å²) in [4.78, 5) is 0. The molecule has 0 bridgehead atoms. The molecule has 2 rings (SSSR count). The number of aliphatic hydroxyl groups is 1. The maximum absolute atomic E-state index is 13.5. The second-order valence-electron chi connectivity index (χ2n) is 3.71. The van der Waals surface area contributed by atoms with Crippen LogP contribution in [0.15, 0.2) is 36.4 Å². The first-order chi connectivity index (χ1) is 8.50. The van der Waals surface area contributed by atoms with Gasteiger partial charge in [0.15, 0.2) is 0 Å². The third-order valence-electron chi connectivity index (χ3n) is 2.53. The molecule has 0 aliphatic carbocycles. The molecule has 0 spiro atoms. The largest absolute Gasteiger partial charge is 0.383 e. The number of hydrogen-bond donors (Lipinski definition) is 1. The molecule has 5 heteroatoms. The Kier molecular flexibility index (Phi) is 3.85. The van der Waals surface area contributed by atoms with Gasteiger partial charge in [0.25, 0.3) is 0 Å². The van der Waals surface area contributed by atoms with E-state index in [0.29, 0.717) is 0 Å². The zero-order valence-corrected chi connectivity index (χ0v) is 10.5. The Morgan fingerprint density at radius 2 is 1.72 bits per heavy atom. The van der Waals surface area contributed by atoms with E-state index in [2.05, 4.69) is 0 Å². The fraction of sp³-hybridized carbons (Fsp3) is 0.0769. The minimum absolute atomic E-state index is 0.121. The summed E-state index contributed by atoms with van der Waals surface area (Å²) in [7, 11) is 0. The van der Waals surface area contributed by atoms with Crippen LogP contribution in [-0.4, -0.2) is 5.11 Å². The van der Waals surface area contributed by atoms with Crippen molar-refractivity contribution in [1.29, 1.82) is 0 Å². The summed E-state index contributed by atoms with van der Waals surface area (Å²) in [5.74, 6) is -1.34. The lowest BCUT2D eigenvalue weighted by Gasteiger charge is -2.14. The summed E-state index contributed by atoms with van der Waals surface area (Å²) in [6, 6.07) is 7.48. The quantitative estimate of drug-likeness (QED) is 0.871. The lowest BCUT2D eigenvalue weighted by atomic mass is 10.0. The molecule has 18 heavy (non-hydrogen) atoms. The molecule has 0 saturated heterocycles. The van der Waals surface area contributed by atoms with Crippen LogP contribution < -0.4 is 0 Å². The zero-order chi connectivity index (χ0) is 13.3. The van der Waals surface area contributed by atoms with Crippen LogP contribution in [0.2, 0.25) is 10.0 Å². The molecule has 1 atom stereocenters. The number of rotatable bonds is 2. The van der Waals surface area contributed by atoms with Crippen LogP contribution in [0, 0.1) is 11.6 Å². The Hall–Kier alpha value is -1.16. The molecule has 1 nitrogen and oxygen atoms in total. The van der Waals surface area contributed by atoms with Gasteiger partial charge in [0.1, 0.15) is 17.7 Å². The molecular weight excluding hydrogens is 281 g/mol. The summed E-state index contributed by atoms with van der Waals surface area (Å²) in [5.41, 5.74) is 0.0489.